The first-order chi connectivity index (χ1) is 7.72. The van der Waals surface area contributed by atoms with Crippen LogP contribution in [0.3, 0.4) is 0 Å². The molecule has 0 spiro atoms. The van der Waals surface area contributed by atoms with Gasteiger partial charge in [0.05, 0.1) is 22.1 Å². The quantitative estimate of drug-likeness (QED) is 0.813. The van der Waals surface area contributed by atoms with E-state index in [2.05, 4.69) is 28.0 Å². The molecule has 0 bridgehead atoms. The van der Waals surface area contributed by atoms with E-state index in [1.807, 2.05) is 16.9 Å². The highest BCUT2D eigenvalue weighted by molar-refractivity contribution is 9.10. The van der Waals surface area contributed by atoms with Gasteiger partial charge >= 0.3 is 0 Å². The molecule has 0 aromatic carbocycles. The van der Waals surface area contributed by atoms with Crippen LogP contribution < -0.4 is 0 Å². The standard InChI is InChI=1S/C11H11BrN2OS/c1-2-11-8(3-10(7-15)16-11)5-14-6-9(12)4-13-14/h3-4,6-7H,2,5H2,1H3. The van der Waals surface area contributed by atoms with Crippen molar-refractivity contribution in [2.45, 2.75) is 19.9 Å². The van der Waals surface area contributed by atoms with E-state index in [4.69, 9.17) is 0 Å². The van der Waals surface area contributed by atoms with Gasteiger partial charge in [-0.05, 0) is 34.0 Å². The van der Waals surface area contributed by atoms with Gasteiger partial charge < -0.3 is 0 Å². The van der Waals surface area contributed by atoms with Crippen LogP contribution in [0.4, 0.5) is 0 Å². The topological polar surface area (TPSA) is 34.9 Å². The number of aryl methyl sites for hydroxylation is 1. The molecule has 2 heterocycles. The maximum atomic E-state index is 10.7. The maximum Gasteiger partial charge on any atom is 0.160 e. The number of carbonyl (C=O) groups is 1. The predicted octanol–water partition coefficient (Wildman–Crippen LogP) is 3.13. The smallest absolute Gasteiger partial charge is 0.160 e. The summed E-state index contributed by atoms with van der Waals surface area (Å²) in [6, 6.07) is 1.95. The van der Waals surface area contributed by atoms with Gasteiger partial charge in [0.1, 0.15) is 0 Å². The van der Waals surface area contributed by atoms with Gasteiger partial charge in [0, 0.05) is 11.1 Å². The van der Waals surface area contributed by atoms with Gasteiger partial charge in [-0.15, -0.1) is 11.3 Å². The molecular formula is C11H11BrN2OS. The van der Waals surface area contributed by atoms with Crippen molar-refractivity contribution in [2.75, 3.05) is 0 Å². The number of hydrogen-bond acceptors (Lipinski definition) is 3. The van der Waals surface area contributed by atoms with Gasteiger partial charge in [0.15, 0.2) is 6.29 Å². The normalized spacial score (nSPS) is 10.6. The lowest BCUT2D eigenvalue weighted by atomic mass is 10.2. The predicted molar refractivity (Wildman–Crippen MR) is 68.1 cm³/mol. The summed E-state index contributed by atoms with van der Waals surface area (Å²) in [5.41, 5.74) is 1.19. The van der Waals surface area contributed by atoms with E-state index in [9.17, 15) is 4.79 Å². The maximum absolute atomic E-state index is 10.7. The minimum Gasteiger partial charge on any atom is -0.297 e. The van der Waals surface area contributed by atoms with Gasteiger partial charge in [-0.2, -0.15) is 5.10 Å². The highest BCUT2D eigenvalue weighted by Crippen LogP contribution is 2.23. The van der Waals surface area contributed by atoms with Gasteiger partial charge in [-0.3, -0.25) is 9.48 Å². The molecule has 2 aromatic rings. The highest BCUT2D eigenvalue weighted by atomic mass is 79.9. The van der Waals surface area contributed by atoms with E-state index in [1.54, 1.807) is 17.5 Å². The molecule has 3 nitrogen and oxygen atoms in total. The van der Waals surface area contributed by atoms with Crippen molar-refractivity contribution < 1.29 is 4.79 Å². The van der Waals surface area contributed by atoms with Crippen molar-refractivity contribution in [3.63, 3.8) is 0 Å². The molecule has 0 aliphatic carbocycles. The Labute approximate surface area is 106 Å². The van der Waals surface area contributed by atoms with Crippen molar-refractivity contribution >= 4 is 33.6 Å². The summed E-state index contributed by atoms with van der Waals surface area (Å²) >= 11 is 4.93. The van der Waals surface area contributed by atoms with Crippen LogP contribution in [0.2, 0.25) is 0 Å². The number of aromatic nitrogens is 2. The minimum absolute atomic E-state index is 0.721. The largest absolute Gasteiger partial charge is 0.297 e. The van der Waals surface area contributed by atoms with E-state index in [-0.39, 0.29) is 0 Å². The molecule has 0 fully saturated rings. The average Bonchev–Trinajstić information content (AvgIpc) is 2.85. The highest BCUT2D eigenvalue weighted by Gasteiger charge is 2.08. The molecule has 2 rings (SSSR count). The summed E-state index contributed by atoms with van der Waals surface area (Å²) in [5, 5.41) is 4.21. The van der Waals surface area contributed by atoms with E-state index >= 15 is 0 Å². The average molecular weight is 299 g/mol. The summed E-state index contributed by atoms with van der Waals surface area (Å²) in [7, 11) is 0. The Kier molecular flexibility index (Phi) is 3.56. The van der Waals surface area contributed by atoms with Crippen LogP contribution in [-0.4, -0.2) is 16.1 Å². The number of rotatable bonds is 4. The van der Waals surface area contributed by atoms with Crippen molar-refractivity contribution in [3.05, 3.63) is 38.3 Å². The summed E-state index contributed by atoms with van der Waals surface area (Å²) in [5.74, 6) is 0. The number of carbonyl (C=O) groups excluding carboxylic acids is 1. The second-order valence-electron chi connectivity index (χ2n) is 3.42. The van der Waals surface area contributed by atoms with Crippen LogP contribution >= 0.6 is 27.3 Å². The summed E-state index contributed by atoms with van der Waals surface area (Å²) in [6.45, 7) is 2.82. The summed E-state index contributed by atoms with van der Waals surface area (Å²) in [6.07, 6.45) is 5.55. The number of nitrogens with zero attached hydrogens (tertiary/aromatic N) is 2. The molecule has 0 radical (unpaired) electrons. The zero-order valence-corrected chi connectivity index (χ0v) is 11.2. The van der Waals surface area contributed by atoms with Crippen LogP contribution in [0.5, 0.6) is 0 Å². The second-order valence-corrected chi connectivity index (χ2v) is 5.51. The van der Waals surface area contributed by atoms with E-state index in [0.29, 0.717) is 0 Å². The lowest BCUT2D eigenvalue weighted by Gasteiger charge is -2.01. The van der Waals surface area contributed by atoms with Gasteiger partial charge in [-0.1, -0.05) is 6.92 Å². The first-order valence-electron chi connectivity index (χ1n) is 4.97. The van der Waals surface area contributed by atoms with Crippen LogP contribution in [0.1, 0.15) is 27.0 Å². The Morgan fingerprint density at radius 3 is 3.00 bits per heavy atom. The van der Waals surface area contributed by atoms with Crippen LogP contribution in [0.25, 0.3) is 0 Å². The summed E-state index contributed by atoms with van der Waals surface area (Å²) in [4.78, 5) is 12.8. The summed E-state index contributed by atoms with van der Waals surface area (Å²) < 4.78 is 2.83. The van der Waals surface area contributed by atoms with Crippen molar-refractivity contribution in [1.82, 2.24) is 9.78 Å². The zero-order chi connectivity index (χ0) is 11.5. The Hall–Kier alpha value is -0.940. The Bertz CT molecular complexity index is 504. The number of hydrogen-bond donors (Lipinski definition) is 0. The molecule has 0 unspecified atom stereocenters. The van der Waals surface area contributed by atoms with Gasteiger partial charge in [0.25, 0.3) is 0 Å². The first-order valence-corrected chi connectivity index (χ1v) is 6.58. The van der Waals surface area contributed by atoms with E-state index in [1.165, 1.54) is 10.4 Å². The Morgan fingerprint density at radius 1 is 1.62 bits per heavy atom. The molecular weight excluding hydrogens is 288 g/mol. The van der Waals surface area contributed by atoms with E-state index < -0.39 is 0 Å². The Morgan fingerprint density at radius 2 is 2.44 bits per heavy atom. The molecule has 5 heteroatoms. The van der Waals surface area contributed by atoms with Crippen molar-refractivity contribution in [1.29, 1.82) is 0 Å². The molecule has 0 saturated heterocycles. The fraction of sp³-hybridized carbons (Fsp3) is 0.273. The van der Waals surface area contributed by atoms with Crippen LogP contribution in [0.15, 0.2) is 22.9 Å². The fourth-order valence-corrected chi connectivity index (χ4v) is 2.84. The first kappa shape index (κ1) is 11.5. The molecule has 0 aliphatic heterocycles. The Balaban J connectivity index is 2.26. The molecule has 0 saturated carbocycles. The van der Waals surface area contributed by atoms with Crippen LogP contribution in [0, 0.1) is 0 Å². The SMILES string of the molecule is CCc1sc(C=O)cc1Cn1cc(Br)cn1. The lowest BCUT2D eigenvalue weighted by Crippen LogP contribution is -2.00. The molecule has 2 aromatic heterocycles. The zero-order valence-electron chi connectivity index (χ0n) is 8.81. The van der Waals surface area contributed by atoms with Crippen LogP contribution in [-0.2, 0) is 13.0 Å². The third-order valence-corrected chi connectivity index (χ3v) is 3.94. The molecule has 0 amide bonds. The fourth-order valence-electron chi connectivity index (χ4n) is 1.58. The second kappa shape index (κ2) is 4.93. The van der Waals surface area contributed by atoms with Crippen molar-refractivity contribution in [2.24, 2.45) is 0 Å². The number of halogens is 1. The van der Waals surface area contributed by atoms with Gasteiger partial charge in [-0.25, -0.2) is 0 Å². The third kappa shape index (κ3) is 2.41. The molecule has 0 aliphatic rings. The minimum atomic E-state index is 0.721. The van der Waals surface area contributed by atoms with E-state index in [0.717, 1.165) is 28.6 Å². The van der Waals surface area contributed by atoms with Crippen molar-refractivity contribution in [3.8, 4) is 0 Å². The lowest BCUT2D eigenvalue weighted by molar-refractivity contribution is 0.112. The monoisotopic (exact) mass is 298 g/mol. The van der Waals surface area contributed by atoms with Gasteiger partial charge in [0.2, 0.25) is 0 Å². The molecule has 0 atom stereocenters. The third-order valence-electron chi connectivity index (χ3n) is 2.29. The number of thiophene rings is 1. The molecule has 16 heavy (non-hydrogen) atoms. The molecule has 84 valence electrons. The molecule has 0 N–H and O–H groups in total. The number of aldehydes is 1.